The zero-order valence-corrected chi connectivity index (χ0v) is 13.4. The van der Waals surface area contributed by atoms with E-state index in [0.717, 1.165) is 5.56 Å². The summed E-state index contributed by atoms with van der Waals surface area (Å²) in [5.74, 6) is -1.07. The molecular formula is C16H23NO6. The van der Waals surface area contributed by atoms with Gasteiger partial charge in [-0.25, -0.2) is 4.79 Å². The Labute approximate surface area is 135 Å². The summed E-state index contributed by atoms with van der Waals surface area (Å²) < 4.78 is 15.8. The molecule has 1 aromatic carbocycles. The van der Waals surface area contributed by atoms with Gasteiger partial charge >= 0.3 is 12.1 Å². The fourth-order valence-corrected chi connectivity index (χ4v) is 1.93. The standard InChI is InChI=1S/C16H23NO6/c1-3-21-15(22-4-2)13(10-14(18)19)17-16(20)23-11-12-8-6-5-7-9-12/h5-9,13,15H,3-4,10-11H2,1-2H3,(H,17,20)(H,18,19). The minimum Gasteiger partial charge on any atom is -0.481 e. The summed E-state index contributed by atoms with van der Waals surface area (Å²) in [5, 5.41) is 11.5. The van der Waals surface area contributed by atoms with Crippen LogP contribution in [0.1, 0.15) is 25.8 Å². The van der Waals surface area contributed by atoms with Crippen molar-refractivity contribution in [3.8, 4) is 0 Å². The lowest BCUT2D eigenvalue weighted by Crippen LogP contribution is -2.47. The fourth-order valence-electron chi connectivity index (χ4n) is 1.93. The number of hydrogen-bond acceptors (Lipinski definition) is 5. The number of carboxylic acid groups (broad SMARTS) is 1. The predicted octanol–water partition coefficient (Wildman–Crippen LogP) is 2.16. The summed E-state index contributed by atoms with van der Waals surface area (Å²) in [5.41, 5.74) is 0.837. The van der Waals surface area contributed by atoms with Gasteiger partial charge < -0.3 is 24.6 Å². The maximum absolute atomic E-state index is 11.9. The molecule has 7 nitrogen and oxygen atoms in total. The highest BCUT2D eigenvalue weighted by atomic mass is 16.7. The maximum Gasteiger partial charge on any atom is 0.407 e. The molecule has 0 saturated carbocycles. The predicted molar refractivity (Wildman–Crippen MR) is 82.8 cm³/mol. The highest BCUT2D eigenvalue weighted by Gasteiger charge is 2.27. The van der Waals surface area contributed by atoms with Crippen molar-refractivity contribution in [2.45, 2.75) is 39.2 Å². The lowest BCUT2D eigenvalue weighted by molar-refractivity contribution is -0.162. The summed E-state index contributed by atoms with van der Waals surface area (Å²) in [7, 11) is 0. The first kappa shape index (κ1) is 18.9. The molecule has 1 amide bonds. The van der Waals surface area contributed by atoms with Crippen LogP contribution in [-0.4, -0.2) is 42.7 Å². The van der Waals surface area contributed by atoms with Crippen LogP contribution in [0.25, 0.3) is 0 Å². The largest absolute Gasteiger partial charge is 0.481 e. The number of carbonyl (C=O) groups is 2. The van der Waals surface area contributed by atoms with Crippen molar-refractivity contribution in [2.75, 3.05) is 13.2 Å². The number of nitrogens with one attached hydrogen (secondary N) is 1. The van der Waals surface area contributed by atoms with Gasteiger partial charge in [0, 0.05) is 13.2 Å². The minimum absolute atomic E-state index is 0.0976. The van der Waals surface area contributed by atoms with E-state index < -0.39 is 24.4 Å². The van der Waals surface area contributed by atoms with Crippen LogP contribution in [0.15, 0.2) is 30.3 Å². The van der Waals surface area contributed by atoms with Crippen molar-refractivity contribution in [3.05, 3.63) is 35.9 Å². The molecule has 128 valence electrons. The maximum atomic E-state index is 11.9. The lowest BCUT2D eigenvalue weighted by atomic mass is 10.2. The Bertz CT molecular complexity index is 473. The Morgan fingerprint density at radius 2 is 1.74 bits per heavy atom. The minimum atomic E-state index is -1.07. The molecule has 0 radical (unpaired) electrons. The van der Waals surface area contributed by atoms with Gasteiger partial charge in [-0.3, -0.25) is 4.79 Å². The molecule has 1 atom stereocenters. The smallest absolute Gasteiger partial charge is 0.407 e. The molecule has 0 saturated heterocycles. The molecule has 1 unspecified atom stereocenters. The fraction of sp³-hybridized carbons (Fsp3) is 0.500. The van der Waals surface area contributed by atoms with Gasteiger partial charge in [0.1, 0.15) is 6.61 Å². The van der Waals surface area contributed by atoms with E-state index in [1.165, 1.54) is 0 Å². The number of ether oxygens (including phenoxy) is 3. The SMILES string of the molecule is CCOC(OCC)C(CC(=O)O)NC(=O)OCc1ccccc1. The van der Waals surface area contributed by atoms with Crippen LogP contribution in [-0.2, 0) is 25.6 Å². The third-order valence-corrected chi connectivity index (χ3v) is 2.90. The summed E-state index contributed by atoms with van der Waals surface area (Å²) in [6.07, 6.45) is -1.89. The normalized spacial score (nSPS) is 12.0. The molecule has 1 rings (SSSR count). The number of aliphatic carboxylic acids is 1. The Hall–Kier alpha value is -2.12. The van der Waals surface area contributed by atoms with Crippen molar-refractivity contribution in [3.63, 3.8) is 0 Å². The molecule has 0 aromatic heterocycles. The van der Waals surface area contributed by atoms with Gasteiger partial charge in [0.15, 0.2) is 6.29 Å². The van der Waals surface area contributed by atoms with Crippen LogP contribution < -0.4 is 5.32 Å². The molecule has 0 fully saturated rings. The topological polar surface area (TPSA) is 94.1 Å². The zero-order chi connectivity index (χ0) is 17.1. The molecule has 23 heavy (non-hydrogen) atoms. The van der Waals surface area contributed by atoms with Crippen LogP contribution >= 0.6 is 0 Å². The summed E-state index contributed by atoms with van der Waals surface area (Å²) in [4.78, 5) is 22.9. The second-order valence-electron chi connectivity index (χ2n) is 4.69. The Balaban J connectivity index is 2.60. The van der Waals surface area contributed by atoms with Crippen molar-refractivity contribution in [1.82, 2.24) is 5.32 Å². The van der Waals surface area contributed by atoms with Gasteiger partial charge in [0.25, 0.3) is 0 Å². The molecule has 0 spiro atoms. The zero-order valence-electron chi connectivity index (χ0n) is 13.4. The van der Waals surface area contributed by atoms with Gasteiger partial charge in [0.2, 0.25) is 0 Å². The monoisotopic (exact) mass is 325 g/mol. The van der Waals surface area contributed by atoms with E-state index in [0.29, 0.717) is 13.2 Å². The van der Waals surface area contributed by atoms with Crippen LogP contribution in [0.5, 0.6) is 0 Å². The van der Waals surface area contributed by atoms with Crippen LogP contribution in [0, 0.1) is 0 Å². The summed E-state index contributed by atoms with van der Waals surface area (Å²) in [6, 6.07) is 8.35. The number of benzene rings is 1. The van der Waals surface area contributed by atoms with Gasteiger partial charge in [-0.15, -0.1) is 0 Å². The number of carboxylic acids is 1. The van der Waals surface area contributed by atoms with E-state index in [1.807, 2.05) is 30.3 Å². The summed E-state index contributed by atoms with van der Waals surface area (Å²) >= 11 is 0. The number of alkyl carbamates (subject to hydrolysis) is 1. The summed E-state index contributed by atoms with van der Waals surface area (Å²) in [6.45, 7) is 4.29. The van der Waals surface area contributed by atoms with Crippen LogP contribution in [0.2, 0.25) is 0 Å². The molecule has 1 aromatic rings. The van der Waals surface area contributed by atoms with Crippen LogP contribution in [0.4, 0.5) is 4.79 Å². The van der Waals surface area contributed by atoms with Crippen LogP contribution in [0.3, 0.4) is 0 Å². The average Bonchev–Trinajstić information content (AvgIpc) is 2.53. The Kier molecular flexibility index (Phi) is 8.71. The second-order valence-corrected chi connectivity index (χ2v) is 4.69. The van der Waals surface area contributed by atoms with E-state index >= 15 is 0 Å². The molecule has 0 aliphatic rings. The Morgan fingerprint density at radius 3 is 2.26 bits per heavy atom. The van der Waals surface area contributed by atoms with E-state index in [9.17, 15) is 9.59 Å². The molecular weight excluding hydrogens is 302 g/mol. The molecule has 0 heterocycles. The van der Waals surface area contributed by atoms with Crippen molar-refractivity contribution in [1.29, 1.82) is 0 Å². The van der Waals surface area contributed by atoms with Crippen molar-refractivity contribution in [2.24, 2.45) is 0 Å². The third-order valence-electron chi connectivity index (χ3n) is 2.90. The number of carbonyl (C=O) groups excluding carboxylic acids is 1. The first-order valence-corrected chi connectivity index (χ1v) is 7.49. The van der Waals surface area contributed by atoms with Gasteiger partial charge in [-0.05, 0) is 19.4 Å². The molecule has 7 heteroatoms. The van der Waals surface area contributed by atoms with E-state index in [4.69, 9.17) is 19.3 Å². The van der Waals surface area contributed by atoms with E-state index in [2.05, 4.69) is 5.32 Å². The third kappa shape index (κ3) is 7.62. The quantitative estimate of drug-likeness (QED) is 0.640. The van der Waals surface area contributed by atoms with Crippen molar-refractivity contribution >= 4 is 12.1 Å². The van der Waals surface area contributed by atoms with E-state index in [1.54, 1.807) is 13.8 Å². The van der Waals surface area contributed by atoms with Crippen molar-refractivity contribution < 1.29 is 28.9 Å². The first-order valence-electron chi connectivity index (χ1n) is 7.49. The molecule has 0 bridgehead atoms. The van der Waals surface area contributed by atoms with Gasteiger partial charge in [0.05, 0.1) is 12.5 Å². The Morgan fingerprint density at radius 1 is 1.13 bits per heavy atom. The number of hydrogen-bond donors (Lipinski definition) is 2. The average molecular weight is 325 g/mol. The first-order chi connectivity index (χ1) is 11.1. The van der Waals surface area contributed by atoms with E-state index in [-0.39, 0.29) is 13.0 Å². The second kappa shape index (κ2) is 10.6. The lowest BCUT2D eigenvalue weighted by Gasteiger charge is -2.26. The molecule has 0 aliphatic heterocycles. The molecule has 2 N–H and O–H groups in total. The molecule has 0 aliphatic carbocycles. The van der Waals surface area contributed by atoms with Gasteiger partial charge in [-0.2, -0.15) is 0 Å². The van der Waals surface area contributed by atoms with Gasteiger partial charge in [-0.1, -0.05) is 30.3 Å². The number of amides is 1. The number of rotatable bonds is 10. The highest BCUT2D eigenvalue weighted by Crippen LogP contribution is 2.08. The highest BCUT2D eigenvalue weighted by molar-refractivity contribution is 5.71.